The number of hydrogen-bond acceptors (Lipinski definition) is 5. The summed E-state index contributed by atoms with van der Waals surface area (Å²) in [5.74, 6) is 1.46. The van der Waals surface area contributed by atoms with Crippen molar-refractivity contribution in [2.75, 3.05) is 26.2 Å². The molecule has 1 aliphatic rings. The molecule has 1 fully saturated rings. The van der Waals surface area contributed by atoms with Crippen molar-refractivity contribution in [3.05, 3.63) is 77.6 Å². The van der Waals surface area contributed by atoms with E-state index in [4.69, 9.17) is 4.74 Å². The Morgan fingerprint density at radius 3 is 2.65 bits per heavy atom. The summed E-state index contributed by atoms with van der Waals surface area (Å²) in [5.41, 5.74) is 1.21. The third kappa shape index (κ3) is 5.46. The van der Waals surface area contributed by atoms with Gasteiger partial charge >= 0.3 is 0 Å². The van der Waals surface area contributed by atoms with E-state index in [1.54, 1.807) is 0 Å². The number of aromatic nitrogens is 3. The molecule has 1 N–H and O–H groups in total. The van der Waals surface area contributed by atoms with Crippen LogP contribution in [0.5, 0.6) is 5.75 Å². The van der Waals surface area contributed by atoms with Crippen LogP contribution in [0.1, 0.15) is 29.7 Å². The minimum Gasteiger partial charge on any atom is -0.484 e. The molecule has 2 heterocycles. The van der Waals surface area contributed by atoms with Crippen LogP contribution in [0.25, 0.3) is 0 Å². The van der Waals surface area contributed by atoms with Gasteiger partial charge in [0.2, 0.25) is 0 Å². The molecule has 7 nitrogen and oxygen atoms in total. The number of rotatable bonds is 6. The Labute approximate surface area is 180 Å². The third-order valence-corrected chi connectivity index (χ3v) is 5.38. The molecular weight excluding hydrogens is 397 g/mol. The molecule has 1 unspecified atom stereocenters. The molecular formula is C23H26FN5O2. The van der Waals surface area contributed by atoms with Gasteiger partial charge in [0, 0.05) is 26.2 Å². The van der Waals surface area contributed by atoms with Gasteiger partial charge in [-0.25, -0.2) is 9.37 Å². The number of carbonyl (C=O) groups excluding carboxylic acids is 1. The first-order valence-electron chi connectivity index (χ1n) is 10.4. The quantitative estimate of drug-likeness (QED) is 0.660. The van der Waals surface area contributed by atoms with Gasteiger partial charge in [-0.15, -0.1) is 0 Å². The molecule has 1 atom stereocenters. The minimum absolute atomic E-state index is 0.0932. The summed E-state index contributed by atoms with van der Waals surface area (Å²) in [7, 11) is 0. The normalized spacial score (nSPS) is 17.4. The maximum absolute atomic E-state index is 13.1. The van der Waals surface area contributed by atoms with Crippen molar-refractivity contribution in [3.63, 3.8) is 0 Å². The fourth-order valence-electron chi connectivity index (χ4n) is 3.79. The molecule has 0 saturated carbocycles. The van der Waals surface area contributed by atoms with Crippen LogP contribution in [-0.2, 0) is 11.3 Å². The Morgan fingerprint density at radius 2 is 1.94 bits per heavy atom. The summed E-state index contributed by atoms with van der Waals surface area (Å²) in [6.07, 6.45) is 0.842. The molecule has 0 aliphatic carbocycles. The number of aromatic amines is 1. The van der Waals surface area contributed by atoms with Gasteiger partial charge in [-0.3, -0.25) is 14.8 Å². The number of halogens is 1. The summed E-state index contributed by atoms with van der Waals surface area (Å²) in [6, 6.07) is 15.8. The van der Waals surface area contributed by atoms with E-state index < -0.39 is 0 Å². The van der Waals surface area contributed by atoms with Crippen molar-refractivity contribution < 1.29 is 13.9 Å². The predicted octanol–water partition coefficient (Wildman–Crippen LogP) is 3.11. The summed E-state index contributed by atoms with van der Waals surface area (Å²) >= 11 is 0. The molecule has 0 radical (unpaired) electrons. The van der Waals surface area contributed by atoms with Crippen LogP contribution in [0.15, 0.2) is 54.6 Å². The second-order valence-corrected chi connectivity index (χ2v) is 7.69. The fraction of sp³-hybridized carbons (Fsp3) is 0.348. The zero-order chi connectivity index (χ0) is 21.6. The average Bonchev–Trinajstić information content (AvgIpc) is 3.10. The van der Waals surface area contributed by atoms with Crippen molar-refractivity contribution >= 4 is 5.91 Å². The molecule has 162 valence electrons. The number of H-pyrrole nitrogens is 1. The molecule has 1 amide bonds. The minimum atomic E-state index is -0.339. The van der Waals surface area contributed by atoms with E-state index in [0.717, 1.165) is 25.3 Å². The highest BCUT2D eigenvalue weighted by Gasteiger charge is 2.31. The summed E-state index contributed by atoms with van der Waals surface area (Å²) in [4.78, 5) is 21.6. The lowest BCUT2D eigenvalue weighted by Crippen LogP contribution is -2.40. The van der Waals surface area contributed by atoms with Crippen LogP contribution in [0.3, 0.4) is 0 Å². The predicted molar refractivity (Wildman–Crippen MR) is 114 cm³/mol. The van der Waals surface area contributed by atoms with Crippen LogP contribution < -0.4 is 4.74 Å². The molecule has 0 spiro atoms. The SMILES string of the molecule is Cc1nc(C2CN(C(=O)COc3ccc(F)cc3)CCCN2Cc2ccccc2)n[nH]1. The first kappa shape index (κ1) is 21.0. The standard InChI is InChI=1S/C23H26FN5O2/c1-17-25-23(27-26-17)21-15-29(22(30)16-31-20-10-8-19(24)9-11-20)13-5-12-28(21)14-18-6-3-2-4-7-18/h2-4,6-11,21H,5,12-16H2,1H3,(H,25,26,27). The summed E-state index contributed by atoms with van der Waals surface area (Å²) < 4.78 is 18.6. The number of ether oxygens (including phenoxy) is 1. The molecule has 0 bridgehead atoms. The number of benzene rings is 2. The fourth-order valence-corrected chi connectivity index (χ4v) is 3.79. The molecule has 8 heteroatoms. The second-order valence-electron chi connectivity index (χ2n) is 7.69. The van der Waals surface area contributed by atoms with Crippen molar-refractivity contribution in [3.8, 4) is 5.75 Å². The van der Waals surface area contributed by atoms with Crippen LogP contribution in [0.2, 0.25) is 0 Å². The first-order chi connectivity index (χ1) is 15.1. The molecule has 1 saturated heterocycles. The van der Waals surface area contributed by atoms with E-state index in [0.29, 0.717) is 24.7 Å². The maximum atomic E-state index is 13.1. The molecule has 1 aromatic heterocycles. The van der Waals surface area contributed by atoms with Crippen molar-refractivity contribution in [2.24, 2.45) is 0 Å². The van der Waals surface area contributed by atoms with Gasteiger partial charge in [-0.1, -0.05) is 30.3 Å². The molecule has 4 rings (SSSR count). The molecule has 2 aromatic carbocycles. The highest BCUT2D eigenvalue weighted by Crippen LogP contribution is 2.25. The Morgan fingerprint density at radius 1 is 1.16 bits per heavy atom. The Balaban J connectivity index is 1.47. The third-order valence-electron chi connectivity index (χ3n) is 5.38. The Kier molecular flexibility index (Phi) is 6.57. The van der Waals surface area contributed by atoms with Gasteiger partial charge in [-0.2, -0.15) is 5.10 Å². The largest absolute Gasteiger partial charge is 0.484 e. The van der Waals surface area contributed by atoms with Crippen LogP contribution in [-0.4, -0.2) is 57.1 Å². The molecule has 1 aliphatic heterocycles. The van der Waals surface area contributed by atoms with Crippen molar-refractivity contribution in [2.45, 2.75) is 25.9 Å². The van der Waals surface area contributed by atoms with E-state index in [2.05, 4.69) is 32.2 Å². The number of nitrogens with one attached hydrogen (secondary N) is 1. The highest BCUT2D eigenvalue weighted by atomic mass is 19.1. The van der Waals surface area contributed by atoms with E-state index in [1.807, 2.05) is 30.0 Å². The number of amides is 1. The Hall–Kier alpha value is -3.26. The van der Waals surface area contributed by atoms with Crippen molar-refractivity contribution in [1.82, 2.24) is 25.0 Å². The topological polar surface area (TPSA) is 74.4 Å². The number of nitrogens with zero attached hydrogens (tertiary/aromatic N) is 4. The lowest BCUT2D eigenvalue weighted by Gasteiger charge is -2.30. The summed E-state index contributed by atoms with van der Waals surface area (Å²) in [5, 5.41) is 7.31. The highest BCUT2D eigenvalue weighted by molar-refractivity contribution is 5.77. The van der Waals surface area contributed by atoms with Crippen LogP contribution in [0, 0.1) is 12.7 Å². The smallest absolute Gasteiger partial charge is 0.260 e. The van der Waals surface area contributed by atoms with E-state index in [9.17, 15) is 9.18 Å². The maximum Gasteiger partial charge on any atom is 0.260 e. The van der Waals surface area contributed by atoms with Gasteiger partial charge < -0.3 is 9.64 Å². The zero-order valence-corrected chi connectivity index (χ0v) is 17.5. The van der Waals surface area contributed by atoms with Gasteiger partial charge in [0.05, 0.1) is 6.04 Å². The number of aryl methyl sites for hydroxylation is 1. The average molecular weight is 423 g/mol. The van der Waals surface area contributed by atoms with E-state index in [1.165, 1.54) is 29.8 Å². The molecule has 31 heavy (non-hydrogen) atoms. The Bertz CT molecular complexity index is 993. The van der Waals surface area contributed by atoms with Crippen LogP contribution in [0.4, 0.5) is 4.39 Å². The van der Waals surface area contributed by atoms with E-state index >= 15 is 0 Å². The monoisotopic (exact) mass is 423 g/mol. The van der Waals surface area contributed by atoms with Crippen molar-refractivity contribution in [1.29, 1.82) is 0 Å². The lowest BCUT2D eigenvalue weighted by atomic mass is 10.1. The number of carbonyl (C=O) groups is 1. The van der Waals surface area contributed by atoms with Gasteiger partial charge in [0.15, 0.2) is 12.4 Å². The second kappa shape index (κ2) is 9.70. The molecule has 3 aromatic rings. The first-order valence-corrected chi connectivity index (χ1v) is 10.4. The van der Waals surface area contributed by atoms with Crippen LogP contribution >= 0.6 is 0 Å². The lowest BCUT2D eigenvalue weighted by molar-refractivity contribution is -0.133. The van der Waals surface area contributed by atoms with Gasteiger partial charge in [-0.05, 0) is 43.2 Å². The van der Waals surface area contributed by atoms with E-state index in [-0.39, 0.29) is 24.4 Å². The summed E-state index contributed by atoms with van der Waals surface area (Å²) in [6.45, 7) is 4.48. The van der Waals surface area contributed by atoms with Gasteiger partial charge in [0.25, 0.3) is 5.91 Å². The van der Waals surface area contributed by atoms with Gasteiger partial charge in [0.1, 0.15) is 17.4 Å². The number of hydrogen-bond donors (Lipinski definition) is 1. The zero-order valence-electron chi connectivity index (χ0n) is 17.5.